The quantitative estimate of drug-likeness (QED) is 0.206. The number of Topliss-reactive ketones (excluding diaryl/α,β-unsaturated/α-hetero) is 1. The standard InChI is InChI=1S/C19H22FNOS.C9H5FO2S.C9H18N2.ClH/c1-19(2)15(12-5-7-21(19)8-6-12)11-16(22)18-10-13-9-14(20)3-4-17(13)23-18;10-6-1-2-7-5(3-6)4-8(13-7)9(11)12;1-9(2)8(10)7-3-5-11(9)6-4-7;/h3-4,9-10,12,15H,5-8,11H2,1-2H3;1-4H,(H,11,12);7-8H,3-6,10H2,1-2H3;1H/t15-;;8-;/m1.1./s1. The van der Waals surface area contributed by atoms with E-state index in [9.17, 15) is 18.4 Å². The van der Waals surface area contributed by atoms with Gasteiger partial charge in [-0.15, -0.1) is 35.1 Å². The second-order valence-electron chi connectivity index (χ2n) is 14.6. The summed E-state index contributed by atoms with van der Waals surface area (Å²) < 4.78 is 27.8. The van der Waals surface area contributed by atoms with Gasteiger partial charge in [0.1, 0.15) is 16.5 Å². The fourth-order valence-electron chi connectivity index (χ4n) is 8.30. The number of carbonyl (C=O) groups is 2. The number of rotatable bonds is 4. The van der Waals surface area contributed by atoms with E-state index < -0.39 is 5.97 Å². The van der Waals surface area contributed by atoms with Crippen molar-refractivity contribution in [3.63, 3.8) is 0 Å². The van der Waals surface area contributed by atoms with E-state index in [-0.39, 0.29) is 45.8 Å². The van der Waals surface area contributed by atoms with Crippen LogP contribution in [0.15, 0.2) is 48.5 Å². The highest BCUT2D eigenvalue weighted by atomic mass is 35.5. The van der Waals surface area contributed by atoms with Crippen molar-refractivity contribution in [2.75, 3.05) is 26.2 Å². The molecule has 6 nitrogen and oxygen atoms in total. The van der Waals surface area contributed by atoms with Crippen LogP contribution in [0.25, 0.3) is 20.2 Å². The number of hydrogen-bond acceptors (Lipinski definition) is 7. The van der Waals surface area contributed by atoms with Crippen LogP contribution in [0, 0.1) is 29.4 Å². The van der Waals surface area contributed by atoms with Crippen LogP contribution in [-0.4, -0.2) is 70.0 Å². The Labute approximate surface area is 295 Å². The van der Waals surface area contributed by atoms with Crippen molar-refractivity contribution < 1.29 is 23.5 Å². The third-order valence-corrected chi connectivity index (χ3v) is 13.6. The summed E-state index contributed by atoms with van der Waals surface area (Å²) in [7, 11) is 0. The number of carboxylic acid groups (broad SMARTS) is 1. The number of piperidine rings is 6. The molecule has 0 spiro atoms. The van der Waals surface area contributed by atoms with Gasteiger partial charge in [0.15, 0.2) is 5.78 Å². The van der Waals surface area contributed by atoms with Gasteiger partial charge in [-0.3, -0.25) is 14.6 Å². The largest absolute Gasteiger partial charge is 0.477 e. The Morgan fingerprint density at radius 3 is 1.67 bits per heavy atom. The molecule has 4 aromatic rings. The van der Waals surface area contributed by atoms with E-state index in [0.717, 1.165) is 36.9 Å². The van der Waals surface area contributed by atoms with Crippen molar-refractivity contribution >= 4 is 67.0 Å². The Bertz CT molecular complexity index is 1770. The Morgan fingerprint density at radius 1 is 0.771 bits per heavy atom. The van der Waals surface area contributed by atoms with Crippen molar-refractivity contribution in [1.82, 2.24) is 9.80 Å². The molecule has 10 rings (SSSR count). The molecular weight excluding hydrogens is 672 g/mol. The molecule has 11 heteroatoms. The number of nitrogens with two attached hydrogens (primary N) is 1. The highest BCUT2D eigenvalue weighted by Crippen LogP contribution is 2.46. The van der Waals surface area contributed by atoms with E-state index in [2.05, 4.69) is 37.5 Å². The monoisotopic (exact) mass is 717 g/mol. The average molecular weight is 718 g/mol. The lowest BCUT2D eigenvalue weighted by Gasteiger charge is -2.56. The van der Waals surface area contributed by atoms with Crippen LogP contribution >= 0.6 is 35.1 Å². The number of hydrogen-bond donors (Lipinski definition) is 2. The first kappa shape index (κ1) is 36.8. The maximum absolute atomic E-state index is 13.3. The third-order valence-electron chi connectivity index (χ3n) is 11.4. The molecule has 2 aromatic heterocycles. The van der Waals surface area contributed by atoms with Gasteiger partial charge in [-0.2, -0.15) is 0 Å². The summed E-state index contributed by atoms with van der Waals surface area (Å²) in [6, 6.07) is 12.7. The number of carboxylic acids is 1. The number of aromatic carboxylic acids is 1. The molecule has 6 aliphatic heterocycles. The molecule has 0 aliphatic carbocycles. The first-order valence-electron chi connectivity index (χ1n) is 16.6. The first-order valence-corrected chi connectivity index (χ1v) is 18.3. The number of benzene rings is 2. The molecule has 3 N–H and O–H groups in total. The van der Waals surface area contributed by atoms with Crippen molar-refractivity contribution in [1.29, 1.82) is 0 Å². The normalized spacial score (nSPS) is 27.7. The predicted molar refractivity (Wildman–Crippen MR) is 195 cm³/mol. The lowest BCUT2D eigenvalue weighted by molar-refractivity contribution is -0.0643. The average Bonchev–Trinajstić information content (AvgIpc) is 3.67. The number of fused-ring (bicyclic) bond motifs is 8. The van der Waals surface area contributed by atoms with Gasteiger partial charge < -0.3 is 10.8 Å². The Morgan fingerprint density at radius 2 is 1.23 bits per heavy atom. The number of thiophene rings is 2. The highest BCUT2D eigenvalue weighted by molar-refractivity contribution is 7.21. The molecule has 2 aromatic carbocycles. The fourth-order valence-corrected chi connectivity index (χ4v) is 10.2. The molecule has 260 valence electrons. The molecule has 2 atom stereocenters. The second kappa shape index (κ2) is 14.4. The minimum atomic E-state index is -0.971. The molecule has 48 heavy (non-hydrogen) atoms. The van der Waals surface area contributed by atoms with Crippen LogP contribution < -0.4 is 5.73 Å². The van der Waals surface area contributed by atoms with E-state index in [0.29, 0.717) is 29.7 Å². The van der Waals surface area contributed by atoms with Crippen molar-refractivity contribution in [2.24, 2.45) is 23.5 Å². The molecule has 0 saturated carbocycles. The zero-order valence-electron chi connectivity index (χ0n) is 28.0. The van der Waals surface area contributed by atoms with Crippen LogP contribution in [0.5, 0.6) is 0 Å². The summed E-state index contributed by atoms with van der Waals surface area (Å²) in [5, 5.41) is 10.2. The summed E-state index contributed by atoms with van der Waals surface area (Å²) in [6.45, 7) is 14.0. The Balaban J connectivity index is 0.000000153. The van der Waals surface area contributed by atoms with Gasteiger partial charge in [-0.05, 0) is 157 Å². The first-order chi connectivity index (χ1) is 22.2. The maximum atomic E-state index is 13.3. The van der Waals surface area contributed by atoms with Gasteiger partial charge >= 0.3 is 5.97 Å². The number of carbonyl (C=O) groups excluding carboxylic acids is 1. The van der Waals surface area contributed by atoms with E-state index in [1.165, 1.54) is 93.5 Å². The second-order valence-corrected chi connectivity index (χ2v) is 16.8. The SMILES string of the molecule is CC1(C)[C@H](CC(=O)c2cc3cc(F)ccc3s2)C2CCN1CC2.CC1(C)[C@H](N)C2CCN1CC2.Cl.O=C(O)c1cc2cc(F)ccc2s1. The lowest BCUT2D eigenvalue weighted by Crippen LogP contribution is -2.67. The predicted octanol–water partition coefficient (Wildman–Crippen LogP) is 8.71. The van der Waals surface area contributed by atoms with Crippen molar-refractivity contribution in [3.05, 3.63) is 69.9 Å². The zero-order chi connectivity index (χ0) is 33.7. The molecule has 4 bridgehead atoms. The number of halogens is 3. The van der Waals surface area contributed by atoms with Crippen LogP contribution in [0.1, 0.15) is 79.1 Å². The summed E-state index contributed by atoms with van der Waals surface area (Å²) in [5.41, 5.74) is 6.53. The van der Waals surface area contributed by atoms with Crippen molar-refractivity contribution in [3.8, 4) is 0 Å². The molecule has 6 saturated heterocycles. The van der Waals surface area contributed by atoms with Crippen LogP contribution in [0.3, 0.4) is 0 Å². The Kier molecular flexibility index (Phi) is 11.0. The molecule has 0 radical (unpaired) electrons. The van der Waals surface area contributed by atoms with Gasteiger partial charge in [-0.1, -0.05) is 0 Å². The summed E-state index contributed by atoms with van der Waals surface area (Å²) in [4.78, 5) is 29.5. The molecule has 8 heterocycles. The molecule has 0 unspecified atom stereocenters. The van der Waals surface area contributed by atoms with Crippen LogP contribution in [0.2, 0.25) is 0 Å². The van der Waals surface area contributed by atoms with E-state index in [4.69, 9.17) is 10.8 Å². The fraction of sp³-hybridized carbons (Fsp3) is 0.514. The van der Waals surface area contributed by atoms with Gasteiger partial charge in [0.25, 0.3) is 0 Å². The molecule has 6 aliphatic rings. The smallest absolute Gasteiger partial charge is 0.345 e. The minimum Gasteiger partial charge on any atom is -0.477 e. The number of ketones is 1. The van der Waals surface area contributed by atoms with Gasteiger partial charge in [0, 0.05) is 32.9 Å². The van der Waals surface area contributed by atoms with Crippen molar-refractivity contribution in [2.45, 2.75) is 76.9 Å². The van der Waals surface area contributed by atoms with E-state index in [1.54, 1.807) is 12.1 Å². The van der Waals surface area contributed by atoms with Gasteiger partial charge in [0.05, 0.1) is 4.88 Å². The van der Waals surface area contributed by atoms with Gasteiger partial charge in [0.2, 0.25) is 0 Å². The van der Waals surface area contributed by atoms with E-state index in [1.807, 2.05) is 6.07 Å². The lowest BCUT2D eigenvalue weighted by atomic mass is 9.65. The summed E-state index contributed by atoms with van der Waals surface area (Å²) in [5.74, 6) is 0.565. The summed E-state index contributed by atoms with van der Waals surface area (Å²) in [6.07, 6.45) is 5.71. The van der Waals surface area contributed by atoms with Crippen LogP contribution in [0.4, 0.5) is 8.78 Å². The zero-order valence-corrected chi connectivity index (χ0v) is 30.5. The van der Waals surface area contributed by atoms with Gasteiger partial charge in [-0.25, -0.2) is 13.6 Å². The highest BCUT2D eigenvalue weighted by Gasteiger charge is 2.48. The van der Waals surface area contributed by atoms with E-state index >= 15 is 0 Å². The topological polar surface area (TPSA) is 86.9 Å². The van der Waals surface area contributed by atoms with Crippen LogP contribution in [-0.2, 0) is 0 Å². The third kappa shape index (κ3) is 7.35. The molecule has 6 fully saturated rings. The minimum absolute atomic E-state index is 0. The molecule has 0 amide bonds. The number of nitrogens with zero attached hydrogens (tertiary/aromatic N) is 2. The Hall–Kier alpha value is -2.47. The molecular formula is C37H46ClF2N3O3S2. The summed E-state index contributed by atoms with van der Waals surface area (Å²) >= 11 is 2.64. The maximum Gasteiger partial charge on any atom is 0.345 e.